The molecule has 0 amide bonds. The number of hydrogen-bond acceptors (Lipinski definition) is 4. The first-order chi connectivity index (χ1) is 7.47. The zero-order chi connectivity index (χ0) is 12.3. The van der Waals surface area contributed by atoms with Gasteiger partial charge in [0.2, 0.25) is 0 Å². The van der Waals surface area contributed by atoms with E-state index in [1.54, 1.807) is 19.1 Å². The van der Waals surface area contributed by atoms with Crippen LogP contribution in [-0.2, 0) is 4.79 Å². The highest BCUT2D eigenvalue weighted by Crippen LogP contribution is 2.24. The Hall–Kier alpha value is -1.59. The Kier molecular flexibility index (Phi) is 3.87. The first-order valence-electron chi connectivity index (χ1n) is 4.71. The van der Waals surface area contributed by atoms with Gasteiger partial charge >= 0.3 is 5.97 Å². The quantitative estimate of drug-likeness (QED) is 0.695. The lowest BCUT2D eigenvalue weighted by Gasteiger charge is -2.15. The molecule has 0 aliphatic heterocycles. The molecule has 5 nitrogen and oxygen atoms in total. The molecule has 0 spiro atoms. The van der Waals surface area contributed by atoms with Crippen LogP contribution in [0.1, 0.15) is 17.2 Å². The molecular weight excluding hydrogens is 212 g/mol. The third-order valence-corrected chi connectivity index (χ3v) is 2.31. The minimum atomic E-state index is -1.83. The Morgan fingerprint density at radius 1 is 1.38 bits per heavy atom. The number of carboxylic acids is 1. The van der Waals surface area contributed by atoms with Gasteiger partial charge in [-0.05, 0) is 30.2 Å². The highest BCUT2D eigenvalue weighted by molar-refractivity contribution is 5.73. The number of rotatable bonds is 4. The Morgan fingerprint density at radius 3 is 2.44 bits per heavy atom. The summed E-state index contributed by atoms with van der Waals surface area (Å²) in [4.78, 5) is 10.5. The molecule has 0 aliphatic carbocycles. The zero-order valence-corrected chi connectivity index (χ0v) is 9.04. The molecule has 0 radical (unpaired) electrons. The molecule has 88 valence electrons. The van der Waals surface area contributed by atoms with Gasteiger partial charge in [0.1, 0.15) is 11.9 Å². The number of carboxylic acid groups (broad SMARTS) is 1. The van der Waals surface area contributed by atoms with Gasteiger partial charge in [0.25, 0.3) is 0 Å². The smallest absolute Gasteiger partial charge is 0.335 e. The number of carbonyl (C=O) groups is 1. The van der Waals surface area contributed by atoms with E-state index in [2.05, 4.69) is 0 Å². The number of aliphatic hydroxyl groups excluding tert-OH is 2. The van der Waals surface area contributed by atoms with Gasteiger partial charge in [0.05, 0.1) is 7.11 Å². The average Bonchev–Trinajstić information content (AvgIpc) is 2.26. The molecular formula is C11H14O5. The van der Waals surface area contributed by atoms with Gasteiger partial charge in [-0.15, -0.1) is 0 Å². The lowest BCUT2D eigenvalue weighted by molar-refractivity contribution is -0.153. The lowest BCUT2D eigenvalue weighted by Crippen LogP contribution is -2.27. The summed E-state index contributed by atoms with van der Waals surface area (Å²) in [7, 11) is 1.52. The van der Waals surface area contributed by atoms with E-state index in [4.69, 9.17) is 9.84 Å². The summed E-state index contributed by atoms with van der Waals surface area (Å²) in [5.74, 6) is -0.818. The number of aliphatic hydroxyl groups is 2. The van der Waals surface area contributed by atoms with Crippen molar-refractivity contribution < 1.29 is 24.9 Å². The predicted molar refractivity (Wildman–Crippen MR) is 56.3 cm³/mol. The van der Waals surface area contributed by atoms with Crippen molar-refractivity contribution in [1.29, 1.82) is 0 Å². The van der Waals surface area contributed by atoms with Crippen molar-refractivity contribution in [2.45, 2.75) is 19.1 Å². The molecule has 0 saturated heterocycles. The molecule has 0 aliphatic rings. The fourth-order valence-electron chi connectivity index (χ4n) is 1.40. The second kappa shape index (κ2) is 4.96. The Balaban J connectivity index is 2.97. The molecule has 0 heterocycles. The maximum atomic E-state index is 10.5. The van der Waals surface area contributed by atoms with Crippen LogP contribution in [0.25, 0.3) is 0 Å². The van der Waals surface area contributed by atoms with Gasteiger partial charge in [-0.2, -0.15) is 0 Å². The first kappa shape index (κ1) is 12.5. The van der Waals surface area contributed by atoms with Gasteiger partial charge in [-0.25, -0.2) is 4.79 Å². The fourth-order valence-corrected chi connectivity index (χ4v) is 1.40. The number of hydrogen-bond donors (Lipinski definition) is 3. The standard InChI is InChI=1S/C11H14O5/c1-6-5-7(3-4-8(6)16-2)9(12)10(13)11(14)15/h3-5,9-10,12-13H,1-2H3,(H,14,15). The van der Waals surface area contributed by atoms with Crippen LogP contribution in [0.2, 0.25) is 0 Å². The molecule has 1 aromatic carbocycles. The second-order valence-electron chi connectivity index (χ2n) is 3.46. The van der Waals surface area contributed by atoms with Crippen molar-refractivity contribution in [2.24, 2.45) is 0 Å². The van der Waals surface area contributed by atoms with Gasteiger partial charge in [0.15, 0.2) is 6.10 Å². The molecule has 0 aromatic heterocycles. The fraction of sp³-hybridized carbons (Fsp3) is 0.364. The van der Waals surface area contributed by atoms with E-state index in [1.807, 2.05) is 0 Å². The molecule has 1 rings (SSSR count). The SMILES string of the molecule is COc1ccc(C(O)C(O)C(=O)O)cc1C. The van der Waals surface area contributed by atoms with E-state index in [9.17, 15) is 15.0 Å². The highest BCUT2D eigenvalue weighted by Gasteiger charge is 2.25. The summed E-state index contributed by atoms with van der Waals surface area (Å²) in [5.41, 5.74) is 1.10. The molecule has 5 heteroatoms. The third kappa shape index (κ3) is 2.50. The van der Waals surface area contributed by atoms with Crippen LogP contribution in [0.3, 0.4) is 0 Å². The van der Waals surface area contributed by atoms with E-state index in [-0.39, 0.29) is 0 Å². The van der Waals surface area contributed by atoms with Crippen LogP contribution in [0.5, 0.6) is 5.75 Å². The maximum Gasteiger partial charge on any atom is 0.335 e. The largest absolute Gasteiger partial charge is 0.496 e. The van der Waals surface area contributed by atoms with Gasteiger partial charge in [-0.1, -0.05) is 6.07 Å². The summed E-state index contributed by atoms with van der Waals surface area (Å²) < 4.78 is 5.03. The molecule has 0 saturated carbocycles. The summed E-state index contributed by atoms with van der Waals surface area (Å²) in [5, 5.41) is 27.3. The van der Waals surface area contributed by atoms with Gasteiger partial charge < -0.3 is 20.1 Å². The highest BCUT2D eigenvalue weighted by atomic mass is 16.5. The lowest BCUT2D eigenvalue weighted by atomic mass is 10.0. The topological polar surface area (TPSA) is 87.0 Å². The van der Waals surface area contributed by atoms with E-state index >= 15 is 0 Å². The van der Waals surface area contributed by atoms with Crippen molar-refractivity contribution >= 4 is 5.97 Å². The zero-order valence-electron chi connectivity index (χ0n) is 9.04. The minimum Gasteiger partial charge on any atom is -0.496 e. The normalized spacial score (nSPS) is 14.2. The predicted octanol–water partition coefficient (Wildman–Crippen LogP) is 0.483. The van der Waals surface area contributed by atoms with E-state index in [0.29, 0.717) is 11.3 Å². The Morgan fingerprint density at radius 2 is 2.00 bits per heavy atom. The van der Waals surface area contributed by atoms with Crippen LogP contribution < -0.4 is 4.74 Å². The number of aliphatic carboxylic acids is 1. The van der Waals surface area contributed by atoms with E-state index in [1.165, 1.54) is 13.2 Å². The van der Waals surface area contributed by atoms with Crippen molar-refractivity contribution in [2.75, 3.05) is 7.11 Å². The van der Waals surface area contributed by atoms with Crippen molar-refractivity contribution in [3.05, 3.63) is 29.3 Å². The molecule has 1 aromatic rings. The number of methoxy groups -OCH3 is 1. The van der Waals surface area contributed by atoms with Crippen molar-refractivity contribution in [3.63, 3.8) is 0 Å². The third-order valence-electron chi connectivity index (χ3n) is 2.31. The summed E-state index contributed by atoms with van der Waals surface area (Å²) in [6.45, 7) is 1.77. The van der Waals surface area contributed by atoms with Crippen LogP contribution in [-0.4, -0.2) is 34.5 Å². The monoisotopic (exact) mass is 226 g/mol. The minimum absolute atomic E-state index is 0.341. The van der Waals surface area contributed by atoms with Crippen molar-refractivity contribution in [1.82, 2.24) is 0 Å². The Bertz CT molecular complexity index is 388. The molecule has 0 bridgehead atoms. The van der Waals surface area contributed by atoms with E-state index < -0.39 is 18.2 Å². The van der Waals surface area contributed by atoms with Gasteiger partial charge in [-0.3, -0.25) is 0 Å². The maximum absolute atomic E-state index is 10.5. The van der Waals surface area contributed by atoms with Crippen LogP contribution in [0, 0.1) is 6.92 Å². The molecule has 3 N–H and O–H groups in total. The molecule has 2 unspecified atom stereocenters. The number of benzene rings is 1. The number of ether oxygens (including phenoxy) is 1. The second-order valence-corrected chi connectivity index (χ2v) is 3.46. The number of aryl methyl sites for hydroxylation is 1. The van der Waals surface area contributed by atoms with Crippen molar-refractivity contribution in [3.8, 4) is 5.75 Å². The van der Waals surface area contributed by atoms with Crippen LogP contribution in [0.15, 0.2) is 18.2 Å². The molecule has 16 heavy (non-hydrogen) atoms. The van der Waals surface area contributed by atoms with E-state index in [0.717, 1.165) is 5.56 Å². The van der Waals surface area contributed by atoms with Gasteiger partial charge in [0, 0.05) is 0 Å². The summed E-state index contributed by atoms with van der Waals surface area (Å²) >= 11 is 0. The molecule has 2 atom stereocenters. The summed E-state index contributed by atoms with van der Waals surface area (Å²) in [6, 6.07) is 4.71. The average molecular weight is 226 g/mol. The summed E-state index contributed by atoms with van der Waals surface area (Å²) in [6.07, 6.45) is -3.27. The van der Waals surface area contributed by atoms with Crippen LogP contribution in [0.4, 0.5) is 0 Å². The Labute approximate surface area is 92.9 Å². The van der Waals surface area contributed by atoms with Crippen LogP contribution >= 0.6 is 0 Å². The first-order valence-corrected chi connectivity index (χ1v) is 4.71. The molecule has 0 fully saturated rings.